The fourth-order valence-electron chi connectivity index (χ4n) is 3.04. The van der Waals surface area contributed by atoms with Crippen LogP contribution in [0.1, 0.15) is 17.2 Å². The van der Waals surface area contributed by atoms with E-state index in [1.54, 1.807) is 17.5 Å². The normalized spacial score (nSPS) is 18.0. The van der Waals surface area contributed by atoms with Crippen LogP contribution in [-0.4, -0.2) is 35.5 Å². The highest BCUT2D eigenvalue weighted by Gasteiger charge is 2.25. The number of hydrogen-bond acceptors (Lipinski definition) is 4. The number of hydrogen-bond donors (Lipinski definition) is 0. The third-order valence-corrected chi connectivity index (χ3v) is 5.04. The van der Waals surface area contributed by atoms with E-state index in [2.05, 4.69) is 22.5 Å². The number of ether oxygens (including phenoxy) is 1. The minimum Gasteiger partial charge on any atom is -0.370 e. The average Bonchev–Trinajstić information content (AvgIpc) is 3.16. The predicted molar refractivity (Wildman–Crippen MR) is 95.0 cm³/mol. The fourth-order valence-corrected chi connectivity index (χ4v) is 3.74. The number of para-hydroxylation sites is 1. The first kappa shape index (κ1) is 15.3. The Balaban J connectivity index is 1.46. The summed E-state index contributed by atoms with van der Waals surface area (Å²) in [5.74, 6) is 0.135. The molecule has 0 saturated carbocycles. The zero-order chi connectivity index (χ0) is 16.4. The van der Waals surface area contributed by atoms with E-state index in [4.69, 9.17) is 4.74 Å². The quantitative estimate of drug-likeness (QED) is 0.735. The summed E-state index contributed by atoms with van der Waals surface area (Å²) >= 11 is 1.65. The zero-order valence-electron chi connectivity index (χ0n) is 13.2. The Labute approximate surface area is 144 Å². The standard InChI is InChI=1S/C19H18N2O2S/c22-19(10-14-9-15-3-1-2-4-17(15)20-11-14)21-6-7-23-18(12-21)16-5-8-24-13-16/h1-5,8-9,11,13,18H,6-7,10,12H2. The summed E-state index contributed by atoms with van der Waals surface area (Å²) in [7, 11) is 0. The highest BCUT2D eigenvalue weighted by Crippen LogP contribution is 2.24. The van der Waals surface area contributed by atoms with Gasteiger partial charge in [0, 0.05) is 18.1 Å². The average molecular weight is 338 g/mol. The largest absolute Gasteiger partial charge is 0.370 e. The molecule has 1 amide bonds. The molecule has 0 N–H and O–H groups in total. The lowest BCUT2D eigenvalue weighted by molar-refractivity contribution is -0.138. The molecule has 0 spiro atoms. The van der Waals surface area contributed by atoms with Crippen molar-refractivity contribution in [3.05, 3.63) is 64.5 Å². The number of morpholine rings is 1. The molecule has 0 aliphatic carbocycles. The van der Waals surface area contributed by atoms with Gasteiger partial charge in [-0.2, -0.15) is 11.3 Å². The molecule has 2 aromatic heterocycles. The molecule has 0 bridgehead atoms. The lowest BCUT2D eigenvalue weighted by Crippen LogP contribution is -2.42. The van der Waals surface area contributed by atoms with Gasteiger partial charge < -0.3 is 9.64 Å². The smallest absolute Gasteiger partial charge is 0.227 e. The van der Waals surface area contributed by atoms with Crippen LogP contribution in [0.4, 0.5) is 0 Å². The minimum atomic E-state index is -0.0105. The van der Waals surface area contributed by atoms with Crippen LogP contribution in [-0.2, 0) is 16.0 Å². The molecule has 1 aliphatic rings. The van der Waals surface area contributed by atoms with Crippen LogP contribution in [0.15, 0.2) is 53.4 Å². The molecule has 0 radical (unpaired) electrons. The Morgan fingerprint density at radius 1 is 1.33 bits per heavy atom. The second-order valence-corrected chi connectivity index (χ2v) is 6.75. The number of aromatic nitrogens is 1. The van der Waals surface area contributed by atoms with Gasteiger partial charge in [0.25, 0.3) is 0 Å². The van der Waals surface area contributed by atoms with Crippen molar-refractivity contribution in [1.82, 2.24) is 9.88 Å². The number of carbonyl (C=O) groups excluding carboxylic acids is 1. The minimum absolute atomic E-state index is 0.0105. The lowest BCUT2D eigenvalue weighted by Gasteiger charge is -2.32. The highest BCUT2D eigenvalue weighted by molar-refractivity contribution is 7.07. The number of amides is 1. The third-order valence-electron chi connectivity index (χ3n) is 4.34. The van der Waals surface area contributed by atoms with Gasteiger partial charge in [0.15, 0.2) is 0 Å². The van der Waals surface area contributed by atoms with E-state index in [1.807, 2.05) is 34.5 Å². The summed E-state index contributed by atoms with van der Waals surface area (Å²) in [5.41, 5.74) is 3.07. The molecule has 24 heavy (non-hydrogen) atoms. The van der Waals surface area contributed by atoms with Crippen molar-refractivity contribution in [3.63, 3.8) is 0 Å². The van der Waals surface area contributed by atoms with Gasteiger partial charge in [0.05, 0.1) is 25.1 Å². The van der Waals surface area contributed by atoms with Gasteiger partial charge in [0.2, 0.25) is 5.91 Å². The molecule has 5 heteroatoms. The Kier molecular flexibility index (Phi) is 4.28. The highest BCUT2D eigenvalue weighted by atomic mass is 32.1. The van der Waals surface area contributed by atoms with Crippen LogP contribution in [0.25, 0.3) is 10.9 Å². The molecule has 3 aromatic rings. The first-order chi connectivity index (χ1) is 11.8. The number of benzene rings is 1. The maximum Gasteiger partial charge on any atom is 0.227 e. The zero-order valence-corrected chi connectivity index (χ0v) is 14.0. The van der Waals surface area contributed by atoms with E-state index in [9.17, 15) is 4.79 Å². The van der Waals surface area contributed by atoms with E-state index in [1.165, 1.54) is 0 Å². The van der Waals surface area contributed by atoms with E-state index < -0.39 is 0 Å². The summed E-state index contributed by atoms with van der Waals surface area (Å²) in [6.07, 6.45) is 2.18. The number of thiophene rings is 1. The third kappa shape index (κ3) is 3.18. The molecule has 3 heterocycles. The number of rotatable bonds is 3. The summed E-state index contributed by atoms with van der Waals surface area (Å²) in [6.45, 7) is 1.86. The monoisotopic (exact) mass is 338 g/mol. The van der Waals surface area contributed by atoms with Gasteiger partial charge in [-0.15, -0.1) is 0 Å². The van der Waals surface area contributed by atoms with Crippen LogP contribution >= 0.6 is 11.3 Å². The molecule has 1 unspecified atom stereocenters. The van der Waals surface area contributed by atoms with Crippen LogP contribution in [0.2, 0.25) is 0 Å². The summed E-state index contributed by atoms with van der Waals surface area (Å²) in [6, 6.07) is 12.1. The van der Waals surface area contributed by atoms with Crippen LogP contribution < -0.4 is 0 Å². The maximum atomic E-state index is 12.7. The molecule has 4 nitrogen and oxygen atoms in total. The molecule has 1 aromatic carbocycles. The molecule has 1 fully saturated rings. The maximum absolute atomic E-state index is 12.7. The van der Waals surface area contributed by atoms with Gasteiger partial charge in [-0.05, 0) is 40.1 Å². The van der Waals surface area contributed by atoms with Crippen LogP contribution in [0.3, 0.4) is 0 Å². The molecule has 1 atom stereocenters. The summed E-state index contributed by atoms with van der Waals surface area (Å²) in [5, 5.41) is 5.20. The predicted octanol–water partition coefficient (Wildman–Crippen LogP) is 3.44. The van der Waals surface area contributed by atoms with Crippen molar-refractivity contribution >= 4 is 28.1 Å². The molecule has 122 valence electrons. The van der Waals surface area contributed by atoms with Crippen molar-refractivity contribution in [2.45, 2.75) is 12.5 Å². The van der Waals surface area contributed by atoms with Crippen molar-refractivity contribution in [3.8, 4) is 0 Å². The second-order valence-electron chi connectivity index (χ2n) is 5.97. The van der Waals surface area contributed by atoms with Crippen LogP contribution in [0.5, 0.6) is 0 Å². The number of nitrogens with zero attached hydrogens (tertiary/aromatic N) is 2. The lowest BCUT2D eigenvalue weighted by atomic mass is 10.1. The molecule has 1 saturated heterocycles. The fraction of sp³-hybridized carbons (Fsp3) is 0.263. The number of pyridine rings is 1. The first-order valence-corrected chi connectivity index (χ1v) is 8.99. The van der Waals surface area contributed by atoms with Gasteiger partial charge in [-0.25, -0.2) is 0 Å². The van der Waals surface area contributed by atoms with Crippen molar-refractivity contribution in [2.24, 2.45) is 0 Å². The number of fused-ring (bicyclic) bond motifs is 1. The van der Waals surface area contributed by atoms with Crippen molar-refractivity contribution in [1.29, 1.82) is 0 Å². The Hall–Kier alpha value is -2.24. The van der Waals surface area contributed by atoms with E-state index in [0.29, 0.717) is 26.1 Å². The molecular formula is C19H18N2O2S. The van der Waals surface area contributed by atoms with Gasteiger partial charge in [0.1, 0.15) is 6.10 Å². The first-order valence-electron chi connectivity index (χ1n) is 8.05. The van der Waals surface area contributed by atoms with E-state index in [-0.39, 0.29) is 12.0 Å². The number of carbonyl (C=O) groups is 1. The molecule has 1 aliphatic heterocycles. The molecule has 4 rings (SSSR count). The summed E-state index contributed by atoms with van der Waals surface area (Å²) in [4.78, 5) is 19.0. The van der Waals surface area contributed by atoms with Gasteiger partial charge in [-0.3, -0.25) is 9.78 Å². The van der Waals surface area contributed by atoms with E-state index in [0.717, 1.165) is 22.0 Å². The van der Waals surface area contributed by atoms with Crippen molar-refractivity contribution < 1.29 is 9.53 Å². The Bertz CT molecular complexity index is 847. The Morgan fingerprint density at radius 2 is 2.25 bits per heavy atom. The second kappa shape index (κ2) is 6.71. The SMILES string of the molecule is O=C(Cc1cnc2ccccc2c1)N1CCOC(c2ccsc2)C1. The van der Waals surface area contributed by atoms with Gasteiger partial charge in [-0.1, -0.05) is 18.2 Å². The summed E-state index contributed by atoms with van der Waals surface area (Å²) < 4.78 is 5.81. The topological polar surface area (TPSA) is 42.4 Å². The van der Waals surface area contributed by atoms with Crippen molar-refractivity contribution in [2.75, 3.05) is 19.7 Å². The Morgan fingerprint density at radius 3 is 3.12 bits per heavy atom. The van der Waals surface area contributed by atoms with E-state index >= 15 is 0 Å². The molecular weight excluding hydrogens is 320 g/mol. The van der Waals surface area contributed by atoms with Gasteiger partial charge >= 0.3 is 0 Å². The van der Waals surface area contributed by atoms with Crippen LogP contribution in [0, 0.1) is 0 Å².